The smallest absolute Gasteiger partial charge is 0.340 e. The van der Waals surface area contributed by atoms with E-state index in [9.17, 15) is 23.8 Å². The van der Waals surface area contributed by atoms with Gasteiger partial charge in [-0.05, 0) is 55.2 Å². The zero-order valence-electron chi connectivity index (χ0n) is 14.9. The van der Waals surface area contributed by atoms with Gasteiger partial charge in [0.2, 0.25) is 5.92 Å². The van der Waals surface area contributed by atoms with Crippen molar-refractivity contribution in [3.63, 3.8) is 0 Å². The van der Waals surface area contributed by atoms with Gasteiger partial charge in [-0.25, -0.2) is 13.6 Å². The van der Waals surface area contributed by atoms with E-state index in [-0.39, 0.29) is 24.3 Å². The first-order valence-electron chi connectivity index (χ1n) is 9.58. The van der Waals surface area contributed by atoms with Crippen LogP contribution in [0.5, 0.6) is 0 Å². The quantitative estimate of drug-likeness (QED) is 0.653. The van der Waals surface area contributed by atoms with Crippen molar-refractivity contribution in [2.24, 2.45) is 5.92 Å². The second-order valence-corrected chi connectivity index (χ2v) is 9.26. The van der Waals surface area contributed by atoms with Crippen LogP contribution in [0, 0.1) is 5.92 Å². The Labute approximate surface area is 165 Å². The van der Waals surface area contributed by atoms with Crippen LogP contribution in [0.3, 0.4) is 0 Å². The van der Waals surface area contributed by atoms with Crippen molar-refractivity contribution in [3.05, 3.63) is 33.8 Å². The van der Waals surface area contributed by atoms with Crippen LogP contribution in [0.1, 0.15) is 62.0 Å². The van der Waals surface area contributed by atoms with Crippen LogP contribution in [0.25, 0.3) is 0 Å². The summed E-state index contributed by atoms with van der Waals surface area (Å²) in [5, 5.41) is 24.4. The summed E-state index contributed by atoms with van der Waals surface area (Å²) in [6.45, 7) is 0. The molecule has 4 atom stereocenters. The molecular weight excluding hydrogens is 420 g/mol. The lowest BCUT2D eigenvalue weighted by Crippen LogP contribution is -2.43. The second kappa shape index (κ2) is 6.78. The molecule has 2 saturated heterocycles. The fourth-order valence-electron chi connectivity index (χ4n) is 5.25. The first kappa shape index (κ1) is 19.3. The summed E-state index contributed by atoms with van der Waals surface area (Å²) >= 11 is 3.56. The molecule has 2 heterocycles. The van der Waals surface area contributed by atoms with Crippen LogP contribution in [-0.4, -0.2) is 34.2 Å². The number of alkyl halides is 2. The first-order valence-corrected chi connectivity index (χ1v) is 10.4. The minimum atomic E-state index is -2.92. The van der Waals surface area contributed by atoms with Gasteiger partial charge in [-0.15, -0.1) is 0 Å². The zero-order chi connectivity index (χ0) is 19.4. The molecule has 3 N–H and O–H groups in total. The van der Waals surface area contributed by atoms with Crippen molar-refractivity contribution in [2.45, 2.75) is 74.5 Å². The second-order valence-electron chi connectivity index (χ2n) is 8.41. The number of piperidine rings is 1. The van der Waals surface area contributed by atoms with E-state index in [1.165, 1.54) is 0 Å². The lowest BCUT2D eigenvalue weighted by Gasteiger charge is -2.33. The molecule has 1 aromatic rings. The van der Waals surface area contributed by atoms with Crippen molar-refractivity contribution < 1.29 is 23.8 Å². The molecule has 4 rings (SSSR count). The van der Waals surface area contributed by atoms with Crippen molar-refractivity contribution in [1.29, 1.82) is 0 Å². The Morgan fingerprint density at radius 2 is 1.89 bits per heavy atom. The molecular formula is C20H24BrF2NO3. The topological polar surface area (TPSA) is 69.6 Å². The highest BCUT2D eigenvalue weighted by Gasteiger charge is 2.54. The summed E-state index contributed by atoms with van der Waals surface area (Å²) in [4.78, 5) is 12.0. The minimum Gasteiger partial charge on any atom is -0.479 e. The van der Waals surface area contributed by atoms with E-state index in [1.807, 2.05) is 0 Å². The number of benzene rings is 1. The van der Waals surface area contributed by atoms with Crippen LogP contribution in [-0.2, 0) is 10.4 Å². The Kier molecular flexibility index (Phi) is 4.84. The average molecular weight is 444 g/mol. The molecule has 3 fully saturated rings. The molecule has 148 valence electrons. The molecule has 1 aromatic carbocycles. The molecule has 0 amide bonds. The number of carbonyl (C=O) groups is 1. The molecule has 3 aliphatic rings. The number of nitrogens with one attached hydrogen (secondary N) is 1. The average Bonchev–Trinajstić information content (AvgIpc) is 3.15. The summed E-state index contributed by atoms with van der Waals surface area (Å²) in [5.41, 5.74) is -1.11. The molecule has 4 nitrogen and oxygen atoms in total. The lowest BCUT2D eigenvalue weighted by atomic mass is 9.77. The standard InChI is InChI=1S/C20H24BrF2NO3/c21-17-4-1-12(9-16(17)11-7-14-2-3-15(8-11)24-14)20(27,18(25)26)13-5-6-19(22,23)10-13/h1,4,9,11,13-15,24,27H,2-3,5-8,10H2,(H,25,26)/t11?,13-,14?,15?,20+/m1/s1. The van der Waals surface area contributed by atoms with Gasteiger partial charge < -0.3 is 15.5 Å². The number of fused-ring (bicyclic) bond motifs is 2. The number of halogens is 3. The van der Waals surface area contributed by atoms with Gasteiger partial charge in [0, 0.05) is 35.3 Å². The van der Waals surface area contributed by atoms with Gasteiger partial charge in [-0.2, -0.15) is 0 Å². The summed E-state index contributed by atoms with van der Waals surface area (Å²) in [5.74, 6) is -5.10. The monoisotopic (exact) mass is 443 g/mol. The maximum absolute atomic E-state index is 13.7. The predicted molar refractivity (Wildman–Crippen MR) is 99.9 cm³/mol. The number of rotatable bonds is 4. The van der Waals surface area contributed by atoms with E-state index in [4.69, 9.17) is 0 Å². The molecule has 1 aliphatic carbocycles. The molecule has 0 radical (unpaired) electrons. The third kappa shape index (κ3) is 3.42. The van der Waals surface area contributed by atoms with E-state index in [0.29, 0.717) is 12.1 Å². The Hall–Kier alpha value is -1.05. The summed E-state index contributed by atoms with van der Waals surface area (Å²) in [6.07, 6.45) is 3.24. The van der Waals surface area contributed by atoms with E-state index in [2.05, 4.69) is 21.2 Å². The lowest BCUT2D eigenvalue weighted by molar-refractivity contribution is -0.167. The van der Waals surface area contributed by atoms with Gasteiger partial charge in [0.15, 0.2) is 5.60 Å². The number of carboxylic acids is 1. The Morgan fingerprint density at radius 1 is 1.22 bits per heavy atom. The molecule has 27 heavy (non-hydrogen) atoms. The Bertz CT molecular complexity index is 747. The van der Waals surface area contributed by atoms with Crippen LogP contribution >= 0.6 is 15.9 Å². The van der Waals surface area contributed by atoms with Crippen molar-refractivity contribution in [3.8, 4) is 0 Å². The molecule has 1 saturated carbocycles. The summed E-state index contributed by atoms with van der Waals surface area (Å²) in [6, 6.07) is 5.96. The largest absolute Gasteiger partial charge is 0.479 e. The van der Waals surface area contributed by atoms with Gasteiger partial charge in [-0.3, -0.25) is 0 Å². The van der Waals surface area contributed by atoms with Crippen molar-refractivity contribution >= 4 is 21.9 Å². The maximum Gasteiger partial charge on any atom is 0.340 e. The zero-order valence-corrected chi connectivity index (χ0v) is 16.5. The van der Waals surface area contributed by atoms with Crippen LogP contribution in [0.4, 0.5) is 8.78 Å². The highest BCUT2D eigenvalue weighted by Crippen LogP contribution is 2.49. The first-order chi connectivity index (χ1) is 12.7. The number of hydrogen-bond acceptors (Lipinski definition) is 3. The highest BCUT2D eigenvalue weighted by molar-refractivity contribution is 9.10. The molecule has 0 aromatic heterocycles. The van der Waals surface area contributed by atoms with Crippen LogP contribution in [0.15, 0.2) is 22.7 Å². The van der Waals surface area contributed by atoms with Gasteiger partial charge in [-0.1, -0.05) is 28.1 Å². The number of carboxylic acid groups (broad SMARTS) is 1. The van der Waals surface area contributed by atoms with Crippen molar-refractivity contribution in [2.75, 3.05) is 0 Å². The molecule has 2 bridgehead atoms. The van der Waals surface area contributed by atoms with E-state index in [1.54, 1.807) is 18.2 Å². The Morgan fingerprint density at radius 3 is 2.44 bits per heavy atom. The third-order valence-corrected chi connectivity index (χ3v) is 7.39. The van der Waals surface area contributed by atoms with E-state index >= 15 is 0 Å². The summed E-state index contributed by atoms with van der Waals surface area (Å²) < 4.78 is 28.3. The SMILES string of the molecule is O=C(O)[C@](O)(c1ccc(Br)c(C2CC3CCC(C2)N3)c1)[C@@H]1CCC(F)(F)C1. The van der Waals surface area contributed by atoms with Gasteiger partial charge >= 0.3 is 5.97 Å². The predicted octanol–water partition coefficient (Wildman–Crippen LogP) is 4.15. The highest BCUT2D eigenvalue weighted by atomic mass is 79.9. The van der Waals surface area contributed by atoms with E-state index in [0.717, 1.165) is 35.7 Å². The number of aliphatic hydroxyl groups is 1. The third-order valence-electron chi connectivity index (χ3n) is 6.67. The van der Waals surface area contributed by atoms with Gasteiger partial charge in [0.05, 0.1) is 0 Å². The summed E-state index contributed by atoms with van der Waals surface area (Å²) in [7, 11) is 0. The van der Waals surface area contributed by atoms with Crippen LogP contribution < -0.4 is 5.32 Å². The minimum absolute atomic E-state index is 0.00130. The Balaban J connectivity index is 1.69. The molecule has 0 spiro atoms. The molecule has 2 aliphatic heterocycles. The number of hydrogen-bond donors (Lipinski definition) is 3. The molecule has 2 unspecified atom stereocenters. The van der Waals surface area contributed by atoms with E-state index < -0.39 is 29.8 Å². The van der Waals surface area contributed by atoms with Gasteiger partial charge in [0.25, 0.3) is 0 Å². The normalized spacial score (nSPS) is 34.4. The molecule has 7 heteroatoms. The van der Waals surface area contributed by atoms with Crippen LogP contribution in [0.2, 0.25) is 0 Å². The maximum atomic E-state index is 13.7. The fourth-order valence-corrected chi connectivity index (χ4v) is 5.82. The number of aliphatic carboxylic acids is 1. The fraction of sp³-hybridized carbons (Fsp3) is 0.650. The van der Waals surface area contributed by atoms with Gasteiger partial charge in [0.1, 0.15) is 0 Å². The van der Waals surface area contributed by atoms with Crippen molar-refractivity contribution in [1.82, 2.24) is 5.32 Å².